The molecule has 1 saturated heterocycles. The average molecular weight is 583 g/mol. The van der Waals surface area contributed by atoms with Gasteiger partial charge in [-0.1, -0.05) is 48.5 Å². The maximum Gasteiger partial charge on any atom is 0.410 e. The number of nitrogens with one attached hydrogen (secondary N) is 3. The van der Waals surface area contributed by atoms with E-state index in [0.717, 1.165) is 22.3 Å². The van der Waals surface area contributed by atoms with Gasteiger partial charge in [-0.15, -0.1) is 0 Å². The number of rotatable bonds is 9. The highest BCUT2D eigenvalue weighted by Gasteiger charge is 2.43. The molecule has 12 nitrogen and oxygen atoms in total. The minimum atomic E-state index is -1.30. The van der Waals surface area contributed by atoms with Crippen LogP contribution in [0.1, 0.15) is 44.2 Å². The molecular formula is C30H38N4O8. The summed E-state index contributed by atoms with van der Waals surface area (Å²) in [5.41, 5.74) is 3.47. The van der Waals surface area contributed by atoms with Gasteiger partial charge in [0.1, 0.15) is 24.3 Å². The summed E-state index contributed by atoms with van der Waals surface area (Å²) in [6, 6.07) is 12.8. The van der Waals surface area contributed by atoms with E-state index in [0.29, 0.717) is 0 Å². The fourth-order valence-corrected chi connectivity index (χ4v) is 5.31. The van der Waals surface area contributed by atoms with Gasteiger partial charge in [0.05, 0.1) is 19.3 Å². The quantitative estimate of drug-likeness (QED) is 0.297. The van der Waals surface area contributed by atoms with Gasteiger partial charge >= 0.3 is 12.2 Å². The molecule has 2 aromatic rings. The Balaban J connectivity index is 1.49. The number of hydrogen-bond donors (Lipinski definition) is 5. The second-order valence-electron chi connectivity index (χ2n) is 11.3. The van der Waals surface area contributed by atoms with Crippen LogP contribution in [0.2, 0.25) is 0 Å². The van der Waals surface area contributed by atoms with E-state index in [-0.39, 0.29) is 38.6 Å². The Labute approximate surface area is 244 Å². The van der Waals surface area contributed by atoms with Gasteiger partial charge in [-0.2, -0.15) is 0 Å². The van der Waals surface area contributed by atoms with E-state index in [4.69, 9.17) is 14.6 Å². The average Bonchev–Trinajstić information content (AvgIpc) is 3.51. The van der Waals surface area contributed by atoms with Crippen molar-refractivity contribution in [2.45, 2.75) is 56.8 Å². The Morgan fingerprint density at radius 3 is 2.19 bits per heavy atom. The van der Waals surface area contributed by atoms with E-state index in [1.807, 2.05) is 48.5 Å². The van der Waals surface area contributed by atoms with E-state index >= 15 is 0 Å². The van der Waals surface area contributed by atoms with Gasteiger partial charge in [-0.05, 0) is 49.4 Å². The highest BCUT2D eigenvalue weighted by molar-refractivity contribution is 5.92. The lowest BCUT2D eigenvalue weighted by molar-refractivity contribution is -0.132. The number of nitrogens with zero attached hydrogens (tertiary/aromatic N) is 1. The van der Waals surface area contributed by atoms with Crippen molar-refractivity contribution in [1.29, 1.82) is 0 Å². The molecule has 1 heterocycles. The molecule has 4 amide bonds. The molecule has 1 aliphatic carbocycles. The first-order valence-electron chi connectivity index (χ1n) is 13.9. The third-order valence-electron chi connectivity index (χ3n) is 7.12. The Bertz CT molecular complexity index is 1260. The Kier molecular flexibility index (Phi) is 9.69. The van der Waals surface area contributed by atoms with Crippen LogP contribution in [0.25, 0.3) is 11.1 Å². The normalized spacial score (nSPS) is 18.5. The maximum atomic E-state index is 13.5. The van der Waals surface area contributed by atoms with Gasteiger partial charge in [0.25, 0.3) is 0 Å². The highest BCUT2D eigenvalue weighted by Crippen LogP contribution is 2.44. The van der Waals surface area contributed by atoms with Gasteiger partial charge in [0.2, 0.25) is 11.8 Å². The molecule has 0 bridgehead atoms. The minimum absolute atomic E-state index is 0.0324. The predicted molar refractivity (Wildman–Crippen MR) is 152 cm³/mol. The monoisotopic (exact) mass is 582 g/mol. The van der Waals surface area contributed by atoms with Crippen LogP contribution in [0.5, 0.6) is 0 Å². The molecular weight excluding hydrogens is 544 g/mol. The summed E-state index contributed by atoms with van der Waals surface area (Å²) in [6.07, 6.45) is -1.42. The SMILES string of the molecule is CC(C)(C)OC(=O)NC1CC(C(=O)NC(CO)C(=O)NCCO)N(C(=O)OCC2c3ccccc3-c3ccccc32)C1. The van der Waals surface area contributed by atoms with E-state index < -0.39 is 54.3 Å². The van der Waals surface area contributed by atoms with Crippen molar-refractivity contribution in [2.75, 3.05) is 32.9 Å². The maximum absolute atomic E-state index is 13.5. The smallest absolute Gasteiger partial charge is 0.410 e. The Morgan fingerprint density at radius 2 is 1.62 bits per heavy atom. The number of benzene rings is 2. The number of ether oxygens (including phenoxy) is 2. The molecule has 4 rings (SSSR count). The molecule has 1 aliphatic heterocycles. The number of amides is 4. The summed E-state index contributed by atoms with van der Waals surface area (Å²) in [4.78, 5) is 52.7. The summed E-state index contributed by atoms with van der Waals surface area (Å²) < 4.78 is 11.1. The van der Waals surface area contributed by atoms with Crippen LogP contribution in [0.15, 0.2) is 48.5 Å². The van der Waals surface area contributed by atoms with Crippen LogP contribution in [0.4, 0.5) is 9.59 Å². The fourth-order valence-electron chi connectivity index (χ4n) is 5.31. The predicted octanol–water partition coefficient (Wildman–Crippen LogP) is 1.49. The molecule has 2 aliphatic rings. The molecule has 3 unspecified atom stereocenters. The molecule has 0 saturated carbocycles. The van der Waals surface area contributed by atoms with Crippen LogP contribution in [0, 0.1) is 0 Å². The Morgan fingerprint density at radius 1 is 1.00 bits per heavy atom. The van der Waals surface area contributed by atoms with Crippen molar-refractivity contribution in [2.24, 2.45) is 0 Å². The molecule has 3 atom stereocenters. The number of likely N-dealkylation sites (tertiary alicyclic amines) is 1. The van der Waals surface area contributed by atoms with Gasteiger partial charge < -0.3 is 35.6 Å². The molecule has 42 heavy (non-hydrogen) atoms. The van der Waals surface area contributed by atoms with E-state index in [1.54, 1.807) is 20.8 Å². The third kappa shape index (κ3) is 7.18. The van der Waals surface area contributed by atoms with E-state index in [2.05, 4.69) is 16.0 Å². The molecule has 5 N–H and O–H groups in total. The Hall–Kier alpha value is -4.16. The summed E-state index contributed by atoms with van der Waals surface area (Å²) in [6.45, 7) is 4.10. The number of aliphatic hydroxyl groups is 2. The molecule has 0 radical (unpaired) electrons. The first-order chi connectivity index (χ1) is 20.0. The molecule has 12 heteroatoms. The van der Waals surface area contributed by atoms with Crippen LogP contribution in [-0.4, -0.2) is 95.8 Å². The van der Waals surface area contributed by atoms with Crippen LogP contribution in [0.3, 0.4) is 0 Å². The van der Waals surface area contributed by atoms with Crippen molar-refractivity contribution in [1.82, 2.24) is 20.9 Å². The van der Waals surface area contributed by atoms with Gasteiger partial charge in [-0.25, -0.2) is 9.59 Å². The van der Waals surface area contributed by atoms with E-state index in [1.165, 1.54) is 4.90 Å². The number of alkyl carbamates (subject to hydrolysis) is 1. The number of carbonyl (C=O) groups is 4. The summed E-state index contributed by atoms with van der Waals surface area (Å²) in [5, 5.41) is 26.2. The highest BCUT2D eigenvalue weighted by atomic mass is 16.6. The fraction of sp³-hybridized carbons (Fsp3) is 0.467. The zero-order chi connectivity index (χ0) is 30.4. The van der Waals surface area contributed by atoms with Crippen molar-refractivity contribution in [3.05, 3.63) is 59.7 Å². The number of hydrogen-bond acceptors (Lipinski definition) is 8. The van der Waals surface area contributed by atoms with E-state index in [9.17, 15) is 24.3 Å². The van der Waals surface area contributed by atoms with Gasteiger partial charge in [-0.3, -0.25) is 14.5 Å². The molecule has 2 aromatic carbocycles. The third-order valence-corrected chi connectivity index (χ3v) is 7.12. The molecule has 1 fully saturated rings. The lowest BCUT2D eigenvalue weighted by atomic mass is 9.98. The largest absolute Gasteiger partial charge is 0.448 e. The second-order valence-corrected chi connectivity index (χ2v) is 11.3. The summed E-state index contributed by atoms with van der Waals surface area (Å²) >= 11 is 0. The van der Waals surface area contributed by atoms with Crippen molar-refractivity contribution in [3.8, 4) is 11.1 Å². The van der Waals surface area contributed by atoms with Crippen molar-refractivity contribution in [3.63, 3.8) is 0 Å². The minimum Gasteiger partial charge on any atom is -0.448 e. The zero-order valence-electron chi connectivity index (χ0n) is 24.0. The lowest BCUT2D eigenvalue weighted by Gasteiger charge is -2.26. The zero-order valence-corrected chi connectivity index (χ0v) is 24.0. The van der Waals surface area contributed by atoms with Gasteiger partial charge in [0, 0.05) is 19.0 Å². The van der Waals surface area contributed by atoms with Crippen LogP contribution in [-0.2, 0) is 19.1 Å². The molecule has 0 spiro atoms. The van der Waals surface area contributed by atoms with Crippen molar-refractivity contribution >= 4 is 24.0 Å². The molecule has 0 aromatic heterocycles. The van der Waals surface area contributed by atoms with Crippen molar-refractivity contribution < 1.29 is 38.9 Å². The van der Waals surface area contributed by atoms with Crippen LogP contribution >= 0.6 is 0 Å². The standard InChI is InChI=1S/C30H38N4O8/c1-30(2,3)42-28(39)32-18-14-25(27(38)33-24(16-36)26(37)31-12-13-35)34(15-18)29(40)41-17-23-21-10-6-4-8-19(21)20-9-5-7-11-22(20)23/h4-11,18,23-25,35-36H,12-17H2,1-3H3,(H,31,37)(H,32,39)(H,33,38). The second kappa shape index (κ2) is 13.2. The summed E-state index contributed by atoms with van der Waals surface area (Å²) in [7, 11) is 0. The van der Waals surface area contributed by atoms with Crippen LogP contribution < -0.4 is 16.0 Å². The first-order valence-corrected chi connectivity index (χ1v) is 13.9. The number of aliphatic hydroxyl groups excluding tert-OH is 2. The molecule has 226 valence electrons. The first kappa shape index (κ1) is 30.8. The number of fused-ring (bicyclic) bond motifs is 3. The lowest BCUT2D eigenvalue weighted by Crippen LogP contribution is -2.54. The topological polar surface area (TPSA) is 167 Å². The van der Waals surface area contributed by atoms with Gasteiger partial charge in [0.15, 0.2) is 0 Å². The summed E-state index contributed by atoms with van der Waals surface area (Å²) in [5.74, 6) is -1.58. The number of carbonyl (C=O) groups excluding carboxylic acids is 4.